The van der Waals surface area contributed by atoms with Gasteiger partial charge in [0.05, 0.1) is 5.75 Å². The second kappa shape index (κ2) is 6.76. The van der Waals surface area contributed by atoms with E-state index in [0.29, 0.717) is 12.3 Å². The minimum atomic E-state index is -0.248. The Morgan fingerprint density at radius 3 is 2.56 bits per heavy atom. The standard InChI is InChI=1S/C20H17FN2OS/c21-17-6-8-18(9-7-17)22-11-10-16(13-22)20-23(19(24)14-25-20)12-15-4-2-1-3-5-15/h1-11,13,20H,12,14H2/t20-/m0/s1. The van der Waals surface area contributed by atoms with E-state index >= 15 is 0 Å². The molecule has 1 saturated heterocycles. The summed E-state index contributed by atoms with van der Waals surface area (Å²) in [4.78, 5) is 14.3. The normalized spacial score (nSPS) is 17.2. The first-order chi connectivity index (χ1) is 12.2. The van der Waals surface area contributed by atoms with E-state index in [1.165, 1.54) is 12.1 Å². The minimum absolute atomic E-state index is 0.00871. The molecule has 1 aliphatic rings. The van der Waals surface area contributed by atoms with Crippen molar-refractivity contribution >= 4 is 17.7 Å². The predicted molar refractivity (Wildman–Crippen MR) is 97.9 cm³/mol. The van der Waals surface area contributed by atoms with Crippen LogP contribution in [-0.2, 0) is 11.3 Å². The van der Waals surface area contributed by atoms with Crippen molar-refractivity contribution in [3.05, 3.63) is 90.0 Å². The fraction of sp³-hybridized carbons (Fsp3) is 0.150. The summed E-state index contributed by atoms with van der Waals surface area (Å²) in [7, 11) is 0. The Balaban J connectivity index is 1.58. The van der Waals surface area contributed by atoms with Gasteiger partial charge in [0.1, 0.15) is 11.2 Å². The molecule has 1 aliphatic heterocycles. The largest absolute Gasteiger partial charge is 0.323 e. The maximum Gasteiger partial charge on any atom is 0.234 e. The van der Waals surface area contributed by atoms with Crippen LogP contribution in [0.2, 0.25) is 0 Å². The minimum Gasteiger partial charge on any atom is -0.323 e. The summed E-state index contributed by atoms with van der Waals surface area (Å²) in [6.07, 6.45) is 3.97. The highest BCUT2D eigenvalue weighted by atomic mass is 32.2. The fourth-order valence-electron chi connectivity index (χ4n) is 3.01. The molecule has 0 N–H and O–H groups in total. The van der Waals surface area contributed by atoms with Gasteiger partial charge in [0.15, 0.2) is 0 Å². The van der Waals surface area contributed by atoms with Crippen LogP contribution in [0.5, 0.6) is 0 Å². The van der Waals surface area contributed by atoms with Crippen LogP contribution in [0.25, 0.3) is 5.69 Å². The molecule has 1 aromatic heterocycles. The third-order valence-corrected chi connectivity index (χ3v) is 5.55. The molecule has 2 heterocycles. The van der Waals surface area contributed by atoms with Crippen molar-refractivity contribution in [2.75, 3.05) is 5.75 Å². The van der Waals surface area contributed by atoms with Crippen molar-refractivity contribution in [2.45, 2.75) is 11.9 Å². The molecule has 0 radical (unpaired) electrons. The second-order valence-corrected chi connectivity index (χ2v) is 7.07. The van der Waals surface area contributed by atoms with Gasteiger partial charge in [-0.05, 0) is 35.9 Å². The molecule has 0 bridgehead atoms. The molecule has 0 aliphatic carbocycles. The van der Waals surface area contributed by atoms with Crippen molar-refractivity contribution in [3.63, 3.8) is 0 Å². The van der Waals surface area contributed by atoms with E-state index in [1.807, 2.05) is 58.3 Å². The number of thioether (sulfide) groups is 1. The molecule has 0 unspecified atom stereocenters. The SMILES string of the molecule is O=C1CS[C@@H](c2ccn(-c3ccc(F)cc3)c2)N1Cc1ccccc1. The molecule has 5 heteroatoms. The highest BCUT2D eigenvalue weighted by Gasteiger charge is 2.33. The number of carbonyl (C=O) groups excluding carboxylic acids is 1. The Hall–Kier alpha value is -2.53. The number of aromatic nitrogens is 1. The van der Waals surface area contributed by atoms with Crippen molar-refractivity contribution in [1.82, 2.24) is 9.47 Å². The van der Waals surface area contributed by atoms with Gasteiger partial charge in [-0.25, -0.2) is 4.39 Å². The summed E-state index contributed by atoms with van der Waals surface area (Å²) in [5.41, 5.74) is 3.11. The van der Waals surface area contributed by atoms with Crippen molar-refractivity contribution < 1.29 is 9.18 Å². The smallest absolute Gasteiger partial charge is 0.234 e. The zero-order valence-electron chi connectivity index (χ0n) is 13.5. The monoisotopic (exact) mass is 352 g/mol. The summed E-state index contributed by atoms with van der Waals surface area (Å²) < 4.78 is 15.1. The zero-order valence-corrected chi connectivity index (χ0v) is 14.3. The predicted octanol–water partition coefficient (Wildman–Crippen LogP) is 4.39. The molecule has 3 nitrogen and oxygen atoms in total. The van der Waals surface area contributed by atoms with Gasteiger partial charge < -0.3 is 9.47 Å². The van der Waals surface area contributed by atoms with E-state index in [2.05, 4.69) is 0 Å². The Morgan fingerprint density at radius 2 is 1.80 bits per heavy atom. The maximum atomic E-state index is 13.1. The van der Waals surface area contributed by atoms with Gasteiger partial charge in [0.2, 0.25) is 5.91 Å². The van der Waals surface area contributed by atoms with Crippen LogP contribution in [0, 0.1) is 5.82 Å². The highest BCUT2D eigenvalue weighted by Crippen LogP contribution is 2.39. The van der Waals surface area contributed by atoms with Gasteiger partial charge in [-0.3, -0.25) is 4.79 Å². The number of hydrogen-bond donors (Lipinski definition) is 0. The molecule has 1 atom stereocenters. The van der Waals surface area contributed by atoms with E-state index in [-0.39, 0.29) is 17.1 Å². The number of hydrogen-bond acceptors (Lipinski definition) is 2. The van der Waals surface area contributed by atoms with Crippen molar-refractivity contribution in [3.8, 4) is 5.69 Å². The quantitative estimate of drug-likeness (QED) is 0.696. The van der Waals surface area contributed by atoms with Gasteiger partial charge >= 0.3 is 0 Å². The molecule has 0 saturated carbocycles. The van der Waals surface area contributed by atoms with Gasteiger partial charge in [-0.1, -0.05) is 30.3 Å². The van der Waals surface area contributed by atoms with E-state index in [4.69, 9.17) is 0 Å². The van der Waals surface area contributed by atoms with Gasteiger partial charge in [0, 0.05) is 30.2 Å². The lowest BCUT2D eigenvalue weighted by molar-refractivity contribution is -0.128. The van der Waals surface area contributed by atoms with Crippen LogP contribution in [0.15, 0.2) is 73.1 Å². The number of halogens is 1. The zero-order chi connectivity index (χ0) is 17.2. The number of amides is 1. The Bertz CT molecular complexity index is 876. The van der Waals surface area contributed by atoms with Crippen LogP contribution in [-0.4, -0.2) is 21.1 Å². The first-order valence-corrected chi connectivity index (χ1v) is 9.14. The lowest BCUT2D eigenvalue weighted by atomic mass is 10.2. The summed E-state index contributed by atoms with van der Waals surface area (Å²) in [6.45, 7) is 0.610. The van der Waals surface area contributed by atoms with Gasteiger partial charge in [-0.2, -0.15) is 0 Å². The fourth-order valence-corrected chi connectivity index (χ4v) is 4.18. The van der Waals surface area contributed by atoms with Crippen molar-refractivity contribution in [1.29, 1.82) is 0 Å². The Morgan fingerprint density at radius 1 is 1.04 bits per heavy atom. The van der Waals surface area contributed by atoms with E-state index in [0.717, 1.165) is 16.8 Å². The first kappa shape index (κ1) is 16.0. The maximum absolute atomic E-state index is 13.1. The summed E-state index contributed by atoms with van der Waals surface area (Å²) >= 11 is 1.64. The van der Waals surface area contributed by atoms with Crippen LogP contribution in [0.4, 0.5) is 4.39 Å². The summed E-state index contributed by atoms with van der Waals surface area (Å²) in [6, 6.07) is 18.4. The second-order valence-electron chi connectivity index (χ2n) is 6.00. The third-order valence-electron chi connectivity index (χ3n) is 4.29. The molecule has 3 aromatic rings. The third kappa shape index (κ3) is 3.33. The highest BCUT2D eigenvalue weighted by molar-refractivity contribution is 8.00. The molecule has 1 amide bonds. The first-order valence-electron chi connectivity index (χ1n) is 8.09. The molecular weight excluding hydrogens is 335 g/mol. The summed E-state index contributed by atoms with van der Waals surface area (Å²) in [5.74, 6) is 0.412. The molecular formula is C20H17FN2OS. The molecule has 1 fully saturated rings. The van der Waals surface area contributed by atoms with Crippen molar-refractivity contribution in [2.24, 2.45) is 0 Å². The number of carbonyl (C=O) groups is 1. The van der Waals surface area contributed by atoms with Crippen LogP contribution in [0.3, 0.4) is 0 Å². The van der Waals surface area contributed by atoms with Crippen LogP contribution >= 0.6 is 11.8 Å². The average Bonchev–Trinajstić information content (AvgIpc) is 3.24. The van der Waals surface area contributed by atoms with E-state index in [9.17, 15) is 9.18 Å². The van der Waals surface area contributed by atoms with Crippen LogP contribution < -0.4 is 0 Å². The Kier molecular flexibility index (Phi) is 4.32. The van der Waals surface area contributed by atoms with Gasteiger partial charge in [-0.15, -0.1) is 11.8 Å². The molecule has 2 aromatic carbocycles. The topological polar surface area (TPSA) is 25.2 Å². The molecule has 126 valence electrons. The number of nitrogens with zero attached hydrogens (tertiary/aromatic N) is 2. The number of benzene rings is 2. The number of rotatable bonds is 4. The van der Waals surface area contributed by atoms with E-state index in [1.54, 1.807) is 23.9 Å². The van der Waals surface area contributed by atoms with E-state index < -0.39 is 0 Å². The lowest BCUT2D eigenvalue weighted by Gasteiger charge is -2.23. The Labute approximate surface area is 150 Å². The van der Waals surface area contributed by atoms with Gasteiger partial charge in [0.25, 0.3) is 0 Å². The molecule has 4 rings (SSSR count). The molecule has 0 spiro atoms. The summed E-state index contributed by atoms with van der Waals surface area (Å²) in [5, 5.41) is 0.00871. The lowest BCUT2D eigenvalue weighted by Crippen LogP contribution is -2.27. The molecule has 25 heavy (non-hydrogen) atoms. The average molecular weight is 352 g/mol. The van der Waals surface area contributed by atoms with Crippen LogP contribution in [0.1, 0.15) is 16.5 Å².